The molecule has 1 atom stereocenters. The van der Waals surface area contributed by atoms with Crippen molar-refractivity contribution in [3.05, 3.63) is 0 Å². The summed E-state index contributed by atoms with van der Waals surface area (Å²) in [4.78, 5) is 2.45. The van der Waals surface area contributed by atoms with E-state index in [4.69, 9.17) is 5.11 Å². The van der Waals surface area contributed by atoms with Gasteiger partial charge in [-0.05, 0) is 26.3 Å². The Morgan fingerprint density at radius 1 is 1.23 bits per heavy atom. The Morgan fingerprint density at radius 2 is 1.92 bits per heavy atom. The van der Waals surface area contributed by atoms with Crippen LogP contribution in [0.15, 0.2) is 0 Å². The predicted octanol–water partition coefficient (Wildman–Crippen LogP) is 2.27. The van der Waals surface area contributed by atoms with Gasteiger partial charge in [-0.3, -0.25) is 0 Å². The second-order valence-electron chi connectivity index (χ2n) is 3.70. The lowest BCUT2D eigenvalue weighted by Crippen LogP contribution is -2.34. The Morgan fingerprint density at radius 3 is 2.38 bits per heavy atom. The highest BCUT2D eigenvalue weighted by Crippen LogP contribution is 2.08. The van der Waals surface area contributed by atoms with Crippen LogP contribution >= 0.6 is 0 Å². The van der Waals surface area contributed by atoms with E-state index < -0.39 is 0 Å². The van der Waals surface area contributed by atoms with Gasteiger partial charge in [0.15, 0.2) is 0 Å². The number of unbranched alkanes of at least 4 members (excludes halogenated alkanes) is 1. The number of hydrogen-bond acceptors (Lipinski definition) is 2. The molecule has 0 rings (SSSR count). The van der Waals surface area contributed by atoms with E-state index in [2.05, 4.69) is 25.7 Å². The number of aliphatic hydroxyl groups excluding tert-OH is 1. The molecule has 1 unspecified atom stereocenters. The molecular formula is C11H25NO. The monoisotopic (exact) mass is 187 g/mol. The lowest BCUT2D eigenvalue weighted by Gasteiger charge is -2.27. The van der Waals surface area contributed by atoms with Gasteiger partial charge in [0, 0.05) is 19.2 Å². The second kappa shape index (κ2) is 8.52. The molecule has 0 saturated carbocycles. The molecule has 0 saturated heterocycles. The van der Waals surface area contributed by atoms with Crippen molar-refractivity contribution in [1.82, 2.24) is 4.90 Å². The first-order valence-electron chi connectivity index (χ1n) is 5.61. The SMILES string of the molecule is CCCCC(C)N(CC)CCCO. The molecule has 2 nitrogen and oxygen atoms in total. The van der Waals surface area contributed by atoms with Gasteiger partial charge in [0.2, 0.25) is 0 Å². The minimum Gasteiger partial charge on any atom is -0.396 e. The minimum atomic E-state index is 0.316. The standard InChI is InChI=1S/C11H25NO/c1-4-6-8-11(3)12(5-2)9-7-10-13/h11,13H,4-10H2,1-3H3. The normalized spacial score (nSPS) is 13.6. The van der Waals surface area contributed by atoms with Crippen molar-refractivity contribution < 1.29 is 5.11 Å². The molecule has 0 aromatic carbocycles. The van der Waals surface area contributed by atoms with Crippen LogP contribution in [-0.4, -0.2) is 35.7 Å². The Hall–Kier alpha value is -0.0800. The third-order valence-electron chi connectivity index (χ3n) is 2.61. The lowest BCUT2D eigenvalue weighted by molar-refractivity contribution is 0.182. The fraction of sp³-hybridized carbons (Fsp3) is 1.00. The third-order valence-corrected chi connectivity index (χ3v) is 2.61. The van der Waals surface area contributed by atoms with Crippen LogP contribution in [0.5, 0.6) is 0 Å². The van der Waals surface area contributed by atoms with Gasteiger partial charge in [-0.25, -0.2) is 0 Å². The van der Waals surface area contributed by atoms with Crippen molar-refractivity contribution in [3.8, 4) is 0 Å². The van der Waals surface area contributed by atoms with Crippen molar-refractivity contribution in [2.24, 2.45) is 0 Å². The van der Waals surface area contributed by atoms with Crippen molar-refractivity contribution in [3.63, 3.8) is 0 Å². The van der Waals surface area contributed by atoms with Crippen molar-refractivity contribution in [2.75, 3.05) is 19.7 Å². The summed E-state index contributed by atoms with van der Waals surface area (Å²) in [5, 5.41) is 8.74. The molecule has 0 spiro atoms. The summed E-state index contributed by atoms with van der Waals surface area (Å²) >= 11 is 0. The zero-order valence-electron chi connectivity index (χ0n) is 9.42. The molecular weight excluding hydrogens is 162 g/mol. The number of nitrogens with zero attached hydrogens (tertiary/aromatic N) is 1. The van der Waals surface area contributed by atoms with E-state index in [-0.39, 0.29) is 0 Å². The maximum Gasteiger partial charge on any atom is 0.0443 e. The first-order valence-corrected chi connectivity index (χ1v) is 5.61. The zero-order chi connectivity index (χ0) is 10.1. The van der Waals surface area contributed by atoms with Crippen LogP contribution in [0.25, 0.3) is 0 Å². The Bertz CT molecular complexity index is 106. The van der Waals surface area contributed by atoms with Gasteiger partial charge in [0.05, 0.1) is 0 Å². The average Bonchev–Trinajstić information content (AvgIpc) is 2.16. The summed E-state index contributed by atoms with van der Waals surface area (Å²) in [5.41, 5.74) is 0. The maximum absolute atomic E-state index is 8.74. The van der Waals surface area contributed by atoms with Gasteiger partial charge in [-0.1, -0.05) is 26.7 Å². The van der Waals surface area contributed by atoms with Gasteiger partial charge < -0.3 is 10.0 Å². The topological polar surface area (TPSA) is 23.5 Å². The van der Waals surface area contributed by atoms with E-state index in [1.807, 2.05) is 0 Å². The molecule has 0 radical (unpaired) electrons. The van der Waals surface area contributed by atoms with Crippen molar-refractivity contribution >= 4 is 0 Å². The van der Waals surface area contributed by atoms with Crippen molar-refractivity contribution in [2.45, 2.75) is 52.5 Å². The van der Waals surface area contributed by atoms with Gasteiger partial charge in [0.1, 0.15) is 0 Å². The van der Waals surface area contributed by atoms with E-state index >= 15 is 0 Å². The molecule has 0 amide bonds. The van der Waals surface area contributed by atoms with Crippen LogP contribution in [0.1, 0.15) is 46.5 Å². The quantitative estimate of drug-likeness (QED) is 0.630. The Labute approximate surface area is 82.9 Å². The molecule has 0 heterocycles. The molecule has 80 valence electrons. The third kappa shape index (κ3) is 6.05. The highest BCUT2D eigenvalue weighted by Gasteiger charge is 2.09. The van der Waals surface area contributed by atoms with Crippen molar-refractivity contribution in [1.29, 1.82) is 0 Å². The lowest BCUT2D eigenvalue weighted by atomic mass is 10.1. The second-order valence-corrected chi connectivity index (χ2v) is 3.70. The molecule has 0 fully saturated rings. The molecule has 2 heteroatoms. The summed E-state index contributed by atoms with van der Waals surface area (Å²) in [6.45, 7) is 9.17. The maximum atomic E-state index is 8.74. The van der Waals surface area contributed by atoms with Crippen LogP contribution < -0.4 is 0 Å². The molecule has 0 bridgehead atoms. The van der Waals surface area contributed by atoms with Crippen LogP contribution in [0.2, 0.25) is 0 Å². The van der Waals surface area contributed by atoms with Gasteiger partial charge >= 0.3 is 0 Å². The summed E-state index contributed by atoms with van der Waals surface area (Å²) in [6.07, 6.45) is 4.79. The van der Waals surface area contributed by atoms with Gasteiger partial charge in [-0.2, -0.15) is 0 Å². The van der Waals surface area contributed by atoms with Gasteiger partial charge in [-0.15, -0.1) is 0 Å². The Kier molecular flexibility index (Phi) is 8.46. The highest BCUT2D eigenvalue weighted by atomic mass is 16.3. The van der Waals surface area contributed by atoms with E-state index in [1.54, 1.807) is 0 Å². The fourth-order valence-electron chi connectivity index (χ4n) is 1.65. The molecule has 0 aromatic rings. The smallest absolute Gasteiger partial charge is 0.0443 e. The minimum absolute atomic E-state index is 0.316. The van der Waals surface area contributed by atoms with E-state index in [0.717, 1.165) is 19.5 Å². The van der Waals surface area contributed by atoms with Gasteiger partial charge in [0.25, 0.3) is 0 Å². The number of rotatable bonds is 8. The van der Waals surface area contributed by atoms with Crippen LogP contribution in [0, 0.1) is 0 Å². The summed E-state index contributed by atoms with van der Waals surface area (Å²) < 4.78 is 0. The highest BCUT2D eigenvalue weighted by molar-refractivity contribution is 4.65. The van der Waals surface area contributed by atoms with E-state index in [0.29, 0.717) is 12.6 Å². The van der Waals surface area contributed by atoms with E-state index in [9.17, 15) is 0 Å². The number of aliphatic hydroxyl groups is 1. The van der Waals surface area contributed by atoms with Crippen LogP contribution in [0.4, 0.5) is 0 Å². The average molecular weight is 187 g/mol. The molecule has 13 heavy (non-hydrogen) atoms. The molecule has 0 aliphatic carbocycles. The fourth-order valence-corrected chi connectivity index (χ4v) is 1.65. The zero-order valence-corrected chi connectivity index (χ0v) is 9.42. The molecule has 0 aliphatic rings. The summed E-state index contributed by atoms with van der Waals surface area (Å²) in [7, 11) is 0. The Balaban J connectivity index is 3.63. The number of hydrogen-bond donors (Lipinski definition) is 1. The molecule has 0 aromatic heterocycles. The van der Waals surface area contributed by atoms with Crippen LogP contribution in [0.3, 0.4) is 0 Å². The summed E-state index contributed by atoms with van der Waals surface area (Å²) in [5.74, 6) is 0. The largest absolute Gasteiger partial charge is 0.396 e. The molecule has 0 aliphatic heterocycles. The summed E-state index contributed by atoms with van der Waals surface area (Å²) in [6, 6.07) is 0.677. The predicted molar refractivity (Wildman–Crippen MR) is 57.9 cm³/mol. The van der Waals surface area contributed by atoms with Crippen LogP contribution in [-0.2, 0) is 0 Å². The van der Waals surface area contributed by atoms with E-state index in [1.165, 1.54) is 19.3 Å². The molecule has 1 N–H and O–H groups in total. The first-order chi connectivity index (χ1) is 6.26. The first kappa shape index (κ1) is 12.9.